The number of aliphatic hydroxyl groups is 1. The molecule has 1 amide bonds. The van der Waals surface area contributed by atoms with Crippen LogP contribution >= 0.6 is 0 Å². The van der Waals surface area contributed by atoms with Crippen LogP contribution < -0.4 is 5.32 Å². The number of amides is 1. The quantitative estimate of drug-likeness (QED) is 0.704. The average Bonchev–Trinajstić information content (AvgIpc) is 3.17. The smallest absolute Gasteiger partial charge is 0.251 e. The molecular weight excluding hydrogens is 340 g/mol. The molecule has 140 valence electrons. The molecule has 1 aromatic heterocycles. The molecule has 2 aromatic carbocycles. The number of aryl methyl sites for hydroxylation is 2. The summed E-state index contributed by atoms with van der Waals surface area (Å²) in [5, 5.41) is 20.3. The Labute approximate surface area is 158 Å². The van der Waals surface area contributed by atoms with E-state index in [9.17, 15) is 9.90 Å². The van der Waals surface area contributed by atoms with Gasteiger partial charge < -0.3 is 15.0 Å². The first-order valence-corrected chi connectivity index (χ1v) is 9.03. The van der Waals surface area contributed by atoms with Crippen LogP contribution in [-0.2, 0) is 6.54 Å². The van der Waals surface area contributed by atoms with Gasteiger partial charge in [0, 0.05) is 23.7 Å². The van der Waals surface area contributed by atoms with Crippen molar-refractivity contribution in [3.63, 3.8) is 0 Å². The third kappa shape index (κ3) is 4.23. The van der Waals surface area contributed by atoms with Crippen LogP contribution in [0.4, 0.5) is 0 Å². The molecule has 0 saturated heterocycles. The summed E-state index contributed by atoms with van der Waals surface area (Å²) in [4.78, 5) is 12.7. The summed E-state index contributed by atoms with van der Waals surface area (Å²) in [6.45, 7) is 6.45. The van der Waals surface area contributed by atoms with Crippen LogP contribution in [-0.4, -0.2) is 38.4 Å². The highest BCUT2D eigenvalue weighted by Crippen LogP contribution is 2.28. The van der Waals surface area contributed by atoms with E-state index in [1.54, 1.807) is 13.3 Å². The summed E-state index contributed by atoms with van der Waals surface area (Å²) in [6, 6.07) is 13.5. The number of hydrogen-bond donors (Lipinski definition) is 2. The fourth-order valence-corrected chi connectivity index (χ4v) is 2.86. The number of rotatable bonds is 6. The lowest BCUT2D eigenvalue weighted by Crippen LogP contribution is -2.35. The Morgan fingerprint density at radius 3 is 2.52 bits per heavy atom. The van der Waals surface area contributed by atoms with Gasteiger partial charge in [0.25, 0.3) is 5.91 Å². The lowest BCUT2D eigenvalue weighted by Gasteiger charge is -2.14. The zero-order chi connectivity index (χ0) is 19.4. The standard InChI is InChI=1S/C21H24N4O2/c1-4-25-13-22-24-20(25)18-9-17(16-7-5-14(2)6-8-16)10-19(11-18)21(27)23-15(3)12-26/h5-11,13,15,26H,4,12H2,1-3H3,(H,23,27)/t15-/m0/s1. The third-order valence-corrected chi connectivity index (χ3v) is 4.45. The van der Waals surface area contributed by atoms with Crippen molar-refractivity contribution in [1.82, 2.24) is 20.1 Å². The zero-order valence-corrected chi connectivity index (χ0v) is 15.8. The Morgan fingerprint density at radius 1 is 1.15 bits per heavy atom. The van der Waals surface area contributed by atoms with Crippen molar-refractivity contribution in [2.24, 2.45) is 0 Å². The maximum Gasteiger partial charge on any atom is 0.251 e. The van der Waals surface area contributed by atoms with Crippen LogP contribution in [0.1, 0.15) is 29.8 Å². The largest absolute Gasteiger partial charge is 0.394 e. The van der Waals surface area contributed by atoms with E-state index in [0.717, 1.165) is 29.1 Å². The Morgan fingerprint density at radius 2 is 1.85 bits per heavy atom. The summed E-state index contributed by atoms with van der Waals surface area (Å²) in [5.41, 5.74) is 4.48. The maximum absolute atomic E-state index is 12.7. The van der Waals surface area contributed by atoms with Gasteiger partial charge in [0.05, 0.1) is 6.61 Å². The first-order chi connectivity index (χ1) is 13.0. The first kappa shape index (κ1) is 18.8. The number of carbonyl (C=O) groups excluding carboxylic acids is 1. The first-order valence-electron chi connectivity index (χ1n) is 9.03. The molecule has 0 aliphatic rings. The van der Waals surface area contributed by atoms with Gasteiger partial charge in [-0.15, -0.1) is 10.2 Å². The van der Waals surface area contributed by atoms with E-state index in [0.29, 0.717) is 5.56 Å². The summed E-state index contributed by atoms with van der Waals surface area (Å²) in [7, 11) is 0. The predicted molar refractivity (Wildman–Crippen MR) is 105 cm³/mol. The van der Waals surface area contributed by atoms with E-state index in [1.165, 1.54) is 5.56 Å². The molecule has 1 atom stereocenters. The summed E-state index contributed by atoms with van der Waals surface area (Å²) in [5.74, 6) is 0.491. The molecule has 6 nitrogen and oxygen atoms in total. The summed E-state index contributed by atoms with van der Waals surface area (Å²) in [6.07, 6.45) is 1.68. The Hall–Kier alpha value is -2.99. The molecule has 0 unspecified atom stereocenters. The highest BCUT2D eigenvalue weighted by Gasteiger charge is 2.15. The lowest BCUT2D eigenvalue weighted by molar-refractivity contribution is 0.0922. The zero-order valence-electron chi connectivity index (χ0n) is 15.8. The number of aliphatic hydroxyl groups excluding tert-OH is 1. The van der Waals surface area contributed by atoms with Gasteiger partial charge in [-0.1, -0.05) is 29.8 Å². The minimum absolute atomic E-state index is 0.111. The SMILES string of the molecule is CCn1cnnc1-c1cc(C(=O)N[C@@H](C)CO)cc(-c2ccc(C)cc2)c1. The lowest BCUT2D eigenvalue weighted by atomic mass is 9.98. The second-order valence-corrected chi connectivity index (χ2v) is 6.66. The molecule has 0 aliphatic carbocycles. The third-order valence-electron chi connectivity index (χ3n) is 4.45. The number of aromatic nitrogens is 3. The molecule has 0 spiro atoms. The minimum Gasteiger partial charge on any atom is -0.394 e. The van der Waals surface area contributed by atoms with Crippen LogP contribution in [0.25, 0.3) is 22.5 Å². The van der Waals surface area contributed by atoms with Gasteiger partial charge in [0.1, 0.15) is 6.33 Å². The molecule has 2 N–H and O–H groups in total. The molecule has 6 heteroatoms. The van der Waals surface area contributed by atoms with Crippen molar-refractivity contribution in [2.75, 3.05) is 6.61 Å². The van der Waals surface area contributed by atoms with Gasteiger partial charge in [0.15, 0.2) is 5.82 Å². The van der Waals surface area contributed by atoms with Gasteiger partial charge in [-0.2, -0.15) is 0 Å². The second-order valence-electron chi connectivity index (χ2n) is 6.66. The summed E-state index contributed by atoms with van der Waals surface area (Å²) >= 11 is 0. The van der Waals surface area contributed by atoms with Gasteiger partial charge in [0.2, 0.25) is 0 Å². The number of benzene rings is 2. The van der Waals surface area contributed by atoms with Crippen molar-refractivity contribution < 1.29 is 9.90 Å². The van der Waals surface area contributed by atoms with Crippen LogP contribution in [0.2, 0.25) is 0 Å². The van der Waals surface area contributed by atoms with Crippen molar-refractivity contribution in [1.29, 1.82) is 0 Å². The fraction of sp³-hybridized carbons (Fsp3) is 0.286. The van der Waals surface area contributed by atoms with Gasteiger partial charge >= 0.3 is 0 Å². The average molecular weight is 364 g/mol. The van der Waals surface area contributed by atoms with E-state index in [-0.39, 0.29) is 18.6 Å². The number of carbonyl (C=O) groups is 1. The van der Waals surface area contributed by atoms with Crippen molar-refractivity contribution in [2.45, 2.75) is 33.4 Å². The fourth-order valence-electron chi connectivity index (χ4n) is 2.86. The molecule has 0 fully saturated rings. The Kier molecular flexibility index (Phi) is 5.66. The van der Waals surface area contributed by atoms with Crippen molar-refractivity contribution in [3.05, 3.63) is 59.9 Å². The molecule has 0 bridgehead atoms. The molecule has 27 heavy (non-hydrogen) atoms. The molecule has 3 aromatic rings. The molecule has 0 aliphatic heterocycles. The van der Waals surface area contributed by atoms with E-state index < -0.39 is 0 Å². The molecule has 3 rings (SSSR count). The van der Waals surface area contributed by atoms with Crippen LogP contribution in [0.3, 0.4) is 0 Å². The van der Waals surface area contributed by atoms with E-state index in [4.69, 9.17) is 0 Å². The van der Waals surface area contributed by atoms with Gasteiger partial charge in [-0.25, -0.2) is 0 Å². The molecule has 0 saturated carbocycles. The number of nitrogens with one attached hydrogen (secondary N) is 1. The molecular formula is C21H24N4O2. The van der Waals surface area contributed by atoms with E-state index in [1.807, 2.05) is 60.9 Å². The normalized spacial score (nSPS) is 12.0. The molecule has 1 heterocycles. The van der Waals surface area contributed by atoms with Crippen LogP contribution in [0.5, 0.6) is 0 Å². The Bertz CT molecular complexity index is 932. The monoisotopic (exact) mass is 364 g/mol. The highest BCUT2D eigenvalue weighted by molar-refractivity contribution is 5.97. The number of nitrogens with zero attached hydrogens (tertiary/aromatic N) is 3. The Balaban J connectivity index is 2.10. The minimum atomic E-state index is -0.316. The van der Waals surface area contributed by atoms with Gasteiger partial charge in [-0.3, -0.25) is 4.79 Å². The topological polar surface area (TPSA) is 80.0 Å². The molecule has 0 radical (unpaired) electrons. The van der Waals surface area contributed by atoms with Crippen molar-refractivity contribution in [3.8, 4) is 22.5 Å². The highest BCUT2D eigenvalue weighted by atomic mass is 16.3. The van der Waals surface area contributed by atoms with Crippen LogP contribution in [0.15, 0.2) is 48.8 Å². The van der Waals surface area contributed by atoms with Crippen molar-refractivity contribution >= 4 is 5.91 Å². The van der Waals surface area contributed by atoms with E-state index in [2.05, 4.69) is 15.5 Å². The van der Waals surface area contributed by atoms with Crippen LogP contribution in [0, 0.1) is 6.92 Å². The number of hydrogen-bond acceptors (Lipinski definition) is 4. The maximum atomic E-state index is 12.7. The predicted octanol–water partition coefficient (Wildman–Crippen LogP) is 3.05. The van der Waals surface area contributed by atoms with E-state index >= 15 is 0 Å². The second kappa shape index (κ2) is 8.14. The van der Waals surface area contributed by atoms with Gasteiger partial charge in [-0.05, 0) is 50.1 Å². The summed E-state index contributed by atoms with van der Waals surface area (Å²) < 4.78 is 1.94.